The van der Waals surface area contributed by atoms with Crippen molar-refractivity contribution in [3.63, 3.8) is 0 Å². The lowest BCUT2D eigenvalue weighted by Gasteiger charge is -2.31. The highest BCUT2D eigenvalue weighted by atomic mass is 15.3. The summed E-state index contributed by atoms with van der Waals surface area (Å²) in [4.78, 5) is 11.6. The maximum atomic E-state index is 4.71. The largest absolute Gasteiger partial charge is 0.338 e. The van der Waals surface area contributed by atoms with E-state index in [1.54, 1.807) is 0 Å². The van der Waals surface area contributed by atoms with Gasteiger partial charge in [-0.15, -0.1) is 0 Å². The number of aryl methyl sites for hydroxylation is 1. The lowest BCUT2D eigenvalue weighted by atomic mass is 10.0. The van der Waals surface area contributed by atoms with Crippen LogP contribution in [0.2, 0.25) is 0 Å². The van der Waals surface area contributed by atoms with E-state index < -0.39 is 0 Å². The van der Waals surface area contributed by atoms with Gasteiger partial charge in [0.2, 0.25) is 5.95 Å². The summed E-state index contributed by atoms with van der Waals surface area (Å²) in [5.41, 5.74) is 1.14. The van der Waals surface area contributed by atoms with Crippen molar-refractivity contribution < 1.29 is 0 Å². The third-order valence-electron chi connectivity index (χ3n) is 3.47. The van der Waals surface area contributed by atoms with E-state index in [1.807, 2.05) is 12.3 Å². The van der Waals surface area contributed by atoms with Crippen LogP contribution in [0.3, 0.4) is 0 Å². The zero-order valence-electron chi connectivity index (χ0n) is 13.0. The van der Waals surface area contributed by atoms with Gasteiger partial charge in [0.05, 0.1) is 0 Å². The molecule has 0 spiro atoms. The van der Waals surface area contributed by atoms with Crippen LogP contribution in [0.4, 0.5) is 5.95 Å². The first-order chi connectivity index (χ1) is 9.26. The number of aromatic nitrogens is 2. The van der Waals surface area contributed by atoms with E-state index in [2.05, 4.69) is 37.6 Å². The first-order valence-electron chi connectivity index (χ1n) is 7.85. The van der Waals surface area contributed by atoms with Gasteiger partial charge >= 0.3 is 0 Å². The van der Waals surface area contributed by atoms with Crippen LogP contribution in [0.5, 0.6) is 0 Å². The molecule has 0 fully saturated rings. The number of anilines is 1. The Labute approximate surface area is 118 Å². The molecule has 0 radical (unpaired) electrons. The van der Waals surface area contributed by atoms with Crippen molar-refractivity contribution >= 4 is 5.95 Å². The highest BCUT2D eigenvalue weighted by Gasteiger charge is 2.19. The van der Waals surface area contributed by atoms with Gasteiger partial charge in [-0.05, 0) is 31.7 Å². The lowest BCUT2D eigenvalue weighted by Crippen LogP contribution is -2.37. The van der Waals surface area contributed by atoms with Crippen molar-refractivity contribution in [1.29, 1.82) is 0 Å². The quantitative estimate of drug-likeness (QED) is 0.668. The predicted molar refractivity (Wildman–Crippen MR) is 82.7 cm³/mol. The Balaban J connectivity index is 2.94. The lowest BCUT2D eigenvalue weighted by molar-refractivity contribution is 0.493. The van der Waals surface area contributed by atoms with Crippen LogP contribution in [-0.2, 0) is 6.42 Å². The number of rotatable bonds is 9. The van der Waals surface area contributed by atoms with Gasteiger partial charge in [0.1, 0.15) is 0 Å². The summed E-state index contributed by atoms with van der Waals surface area (Å²) in [6.07, 6.45) is 8.92. The molecule has 3 nitrogen and oxygen atoms in total. The summed E-state index contributed by atoms with van der Waals surface area (Å²) in [5, 5.41) is 0. The van der Waals surface area contributed by atoms with E-state index in [-0.39, 0.29) is 0 Å². The van der Waals surface area contributed by atoms with Crippen molar-refractivity contribution in [1.82, 2.24) is 9.97 Å². The molecule has 1 aromatic rings. The van der Waals surface area contributed by atoms with E-state index in [0.717, 1.165) is 31.0 Å². The minimum absolute atomic E-state index is 0.585. The van der Waals surface area contributed by atoms with Crippen molar-refractivity contribution in [2.45, 2.75) is 72.3 Å². The third-order valence-corrected chi connectivity index (χ3v) is 3.47. The standard InChI is InChI=1S/C16H29N3/c1-5-9-15(10-6-2)19(13-7-3)16-17-12-11-14(8-4)18-16/h11-12,15H,5-10,13H2,1-4H3. The maximum Gasteiger partial charge on any atom is 0.225 e. The smallest absolute Gasteiger partial charge is 0.225 e. The number of hydrogen-bond donors (Lipinski definition) is 0. The zero-order chi connectivity index (χ0) is 14.1. The maximum absolute atomic E-state index is 4.71. The molecule has 0 unspecified atom stereocenters. The van der Waals surface area contributed by atoms with Crippen LogP contribution >= 0.6 is 0 Å². The molecular formula is C16H29N3. The molecule has 0 bridgehead atoms. The second-order valence-electron chi connectivity index (χ2n) is 5.13. The molecular weight excluding hydrogens is 234 g/mol. The average Bonchev–Trinajstić information content (AvgIpc) is 2.45. The Bertz CT molecular complexity index is 346. The van der Waals surface area contributed by atoms with Gasteiger partial charge in [0.25, 0.3) is 0 Å². The van der Waals surface area contributed by atoms with Gasteiger partial charge in [-0.2, -0.15) is 0 Å². The predicted octanol–water partition coefficient (Wildman–Crippen LogP) is 4.22. The minimum atomic E-state index is 0.585. The van der Waals surface area contributed by atoms with Gasteiger partial charge < -0.3 is 4.90 Å². The van der Waals surface area contributed by atoms with Crippen molar-refractivity contribution in [3.05, 3.63) is 18.0 Å². The summed E-state index contributed by atoms with van der Waals surface area (Å²) < 4.78 is 0. The van der Waals surface area contributed by atoms with Crippen LogP contribution < -0.4 is 4.90 Å². The van der Waals surface area contributed by atoms with Crippen LogP contribution in [0.25, 0.3) is 0 Å². The molecule has 1 heterocycles. The second-order valence-corrected chi connectivity index (χ2v) is 5.13. The monoisotopic (exact) mass is 263 g/mol. The molecule has 1 aromatic heterocycles. The Kier molecular flexibility index (Phi) is 7.46. The molecule has 0 aromatic carbocycles. The number of nitrogens with zero attached hydrogens (tertiary/aromatic N) is 3. The third kappa shape index (κ3) is 4.81. The first kappa shape index (κ1) is 15.9. The Morgan fingerprint density at radius 2 is 1.74 bits per heavy atom. The molecule has 0 amide bonds. The molecule has 0 N–H and O–H groups in total. The fourth-order valence-electron chi connectivity index (χ4n) is 2.53. The van der Waals surface area contributed by atoms with Crippen LogP contribution in [0, 0.1) is 0 Å². The molecule has 0 aliphatic carbocycles. The van der Waals surface area contributed by atoms with Gasteiger partial charge in [-0.25, -0.2) is 9.97 Å². The van der Waals surface area contributed by atoms with E-state index in [9.17, 15) is 0 Å². The number of hydrogen-bond acceptors (Lipinski definition) is 3. The van der Waals surface area contributed by atoms with E-state index >= 15 is 0 Å². The Morgan fingerprint density at radius 3 is 2.26 bits per heavy atom. The summed E-state index contributed by atoms with van der Waals surface area (Å²) in [5.74, 6) is 0.924. The molecule has 0 aliphatic heterocycles. The Morgan fingerprint density at radius 1 is 1.05 bits per heavy atom. The van der Waals surface area contributed by atoms with Crippen LogP contribution in [0.1, 0.15) is 65.5 Å². The van der Waals surface area contributed by atoms with E-state index in [1.165, 1.54) is 25.7 Å². The van der Waals surface area contributed by atoms with Gasteiger partial charge in [-0.3, -0.25) is 0 Å². The summed E-state index contributed by atoms with van der Waals surface area (Å²) in [7, 11) is 0. The zero-order valence-corrected chi connectivity index (χ0v) is 13.0. The van der Waals surface area contributed by atoms with Gasteiger partial charge in [-0.1, -0.05) is 40.5 Å². The fourth-order valence-corrected chi connectivity index (χ4v) is 2.53. The highest BCUT2D eigenvalue weighted by Crippen LogP contribution is 2.19. The van der Waals surface area contributed by atoms with Crippen molar-refractivity contribution in [3.8, 4) is 0 Å². The first-order valence-corrected chi connectivity index (χ1v) is 7.85. The second kappa shape index (κ2) is 8.89. The minimum Gasteiger partial charge on any atom is -0.338 e. The van der Waals surface area contributed by atoms with E-state index in [4.69, 9.17) is 4.98 Å². The molecule has 108 valence electrons. The molecule has 0 saturated heterocycles. The molecule has 0 aliphatic rings. The topological polar surface area (TPSA) is 29.0 Å². The molecule has 0 atom stereocenters. The average molecular weight is 263 g/mol. The normalized spacial score (nSPS) is 11.0. The molecule has 3 heteroatoms. The SMILES string of the molecule is CCCC(CCC)N(CCC)c1nccc(CC)n1. The summed E-state index contributed by atoms with van der Waals surface area (Å²) in [6.45, 7) is 9.95. The molecule has 1 rings (SSSR count). The fraction of sp³-hybridized carbons (Fsp3) is 0.750. The van der Waals surface area contributed by atoms with E-state index in [0.29, 0.717) is 6.04 Å². The van der Waals surface area contributed by atoms with Crippen molar-refractivity contribution in [2.24, 2.45) is 0 Å². The van der Waals surface area contributed by atoms with Gasteiger partial charge in [0.15, 0.2) is 0 Å². The molecule has 19 heavy (non-hydrogen) atoms. The Hall–Kier alpha value is -1.12. The van der Waals surface area contributed by atoms with Crippen molar-refractivity contribution in [2.75, 3.05) is 11.4 Å². The summed E-state index contributed by atoms with van der Waals surface area (Å²) >= 11 is 0. The molecule has 0 saturated carbocycles. The van der Waals surface area contributed by atoms with Gasteiger partial charge in [0, 0.05) is 24.5 Å². The van der Waals surface area contributed by atoms with Crippen LogP contribution in [0.15, 0.2) is 12.3 Å². The highest BCUT2D eigenvalue weighted by molar-refractivity contribution is 5.32. The summed E-state index contributed by atoms with van der Waals surface area (Å²) in [6, 6.07) is 2.60. The van der Waals surface area contributed by atoms with Crippen LogP contribution in [-0.4, -0.2) is 22.6 Å².